The van der Waals surface area contributed by atoms with E-state index >= 15 is 0 Å². The fraction of sp³-hybridized carbons (Fsp3) is 0.944. The van der Waals surface area contributed by atoms with Crippen molar-refractivity contribution in [2.75, 3.05) is 19.8 Å². The van der Waals surface area contributed by atoms with Crippen molar-refractivity contribution in [1.82, 2.24) is 10.2 Å². The maximum atomic E-state index is 12.9. The van der Waals surface area contributed by atoms with Gasteiger partial charge in [0.2, 0.25) is 5.91 Å². The molecule has 9 atom stereocenters. The SMILES string of the molecule is CCC[C@@H]1C[C@@H](C(=O)N[C@@H]([C@H]2O[C@H](SC)[C@H](O)[C@@H](O)[C@H]2O)[C@H](C)Cl)N(C)C1.[H-].[Na+]. The molecule has 2 aliphatic rings. The second kappa shape index (κ2) is 12.1. The zero-order chi connectivity index (χ0) is 20.3. The van der Waals surface area contributed by atoms with Gasteiger partial charge in [0.1, 0.15) is 29.9 Å². The second-order valence-corrected chi connectivity index (χ2v) is 9.36. The average molecular weight is 449 g/mol. The van der Waals surface area contributed by atoms with Crippen LogP contribution < -0.4 is 34.9 Å². The molecule has 160 valence electrons. The molecule has 2 heterocycles. The van der Waals surface area contributed by atoms with Crippen LogP contribution in [0.2, 0.25) is 0 Å². The molecule has 10 heteroatoms. The molecule has 4 N–H and O–H groups in total. The number of thioether (sulfide) groups is 1. The summed E-state index contributed by atoms with van der Waals surface area (Å²) < 4.78 is 5.79. The molecule has 28 heavy (non-hydrogen) atoms. The molecular formula is C18H34ClN2NaO5S. The fourth-order valence-corrected chi connectivity index (χ4v) is 5.00. The van der Waals surface area contributed by atoms with Crippen molar-refractivity contribution in [1.29, 1.82) is 0 Å². The molecule has 2 aliphatic heterocycles. The topological polar surface area (TPSA) is 102 Å². The number of nitrogens with one attached hydrogen (secondary N) is 1. The first-order valence-electron chi connectivity index (χ1n) is 9.58. The van der Waals surface area contributed by atoms with Gasteiger partial charge in [0.25, 0.3) is 0 Å². The van der Waals surface area contributed by atoms with Gasteiger partial charge >= 0.3 is 29.6 Å². The van der Waals surface area contributed by atoms with Gasteiger partial charge in [-0.3, -0.25) is 9.69 Å². The zero-order valence-electron chi connectivity index (χ0n) is 18.4. The molecule has 0 aromatic rings. The smallest absolute Gasteiger partial charge is 1.00 e. The van der Waals surface area contributed by atoms with Crippen LogP contribution in [0.4, 0.5) is 0 Å². The number of alkyl halides is 1. The minimum Gasteiger partial charge on any atom is -1.00 e. The van der Waals surface area contributed by atoms with E-state index in [4.69, 9.17) is 16.3 Å². The number of likely N-dealkylation sites (tertiary alicyclic amines) is 1. The Morgan fingerprint density at radius 3 is 2.54 bits per heavy atom. The molecule has 2 fully saturated rings. The number of rotatable bonds is 7. The number of carbonyl (C=O) groups is 1. The summed E-state index contributed by atoms with van der Waals surface area (Å²) in [5.41, 5.74) is -0.702. The van der Waals surface area contributed by atoms with Crippen molar-refractivity contribution in [3.8, 4) is 0 Å². The first-order valence-corrected chi connectivity index (χ1v) is 11.3. The summed E-state index contributed by atoms with van der Waals surface area (Å²) >= 11 is 7.55. The Hall–Kier alpha value is 0.910. The van der Waals surface area contributed by atoms with E-state index in [-0.39, 0.29) is 42.9 Å². The van der Waals surface area contributed by atoms with Crippen LogP contribution in [-0.4, -0.2) is 93.3 Å². The molecule has 0 aromatic carbocycles. The van der Waals surface area contributed by atoms with Crippen LogP contribution in [0.3, 0.4) is 0 Å². The third-order valence-electron chi connectivity index (χ3n) is 5.63. The Labute approximate surface area is 200 Å². The predicted molar refractivity (Wildman–Crippen MR) is 108 cm³/mol. The Kier molecular flexibility index (Phi) is 11.6. The molecule has 0 radical (unpaired) electrons. The van der Waals surface area contributed by atoms with E-state index in [0.29, 0.717) is 5.92 Å². The summed E-state index contributed by atoms with van der Waals surface area (Å²) in [4.78, 5) is 14.9. The number of nitrogens with zero attached hydrogens (tertiary/aromatic N) is 1. The summed E-state index contributed by atoms with van der Waals surface area (Å²) in [5.74, 6) is 0.350. The number of carbonyl (C=O) groups excluding carboxylic acids is 1. The van der Waals surface area contributed by atoms with E-state index in [2.05, 4.69) is 12.2 Å². The van der Waals surface area contributed by atoms with Crippen molar-refractivity contribution in [3.05, 3.63) is 0 Å². The molecule has 0 unspecified atom stereocenters. The monoisotopic (exact) mass is 448 g/mol. The van der Waals surface area contributed by atoms with Crippen LogP contribution in [0.5, 0.6) is 0 Å². The molecule has 0 saturated carbocycles. The third kappa shape index (κ3) is 6.22. The van der Waals surface area contributed by atoms with Gasteiger partial charge in [0.05, 0.1) is 17.5 Å². The number of likely N-dealkylation sites (N-methyl/N-ethyl adjacent to an activating group) is 1. The van der Waals surface area contributed by atoms with Gasteiger partial charge in [0.15, 0.2) is 0 Å². The van der Waals surface area contributed by atoms with Crippen LogP contribution in [0.25, 0.3) is 0 Å². The molecule has 1 amide bonds. The van der Waals surface area contributed by atoms with Crippen LogP contribution in [-0.2, 0) is 9.53 Å². The van der Waals surface area contributed by atoms with E-state index in [1.54, 1.807) is 13.2 Å². The second-order valence-electron chi connectivity index (χ2n) is 7.73. The Morgan fingerprint density at radius 1 is 1.36 bits per heavy atom. The van der Waals surface area contributed by atoms with Crippen molar-refractivity contribution in [2.24, 2.45) is 5.92 Å². The molecule has 0 bridgehead atoms. The largest absolute Gasteiger partial charge is 1.00 e. The fourth-order valence-electron chi connectivity index (χ4n) is 4.11. The van der Waals surface area contributed by atoms with Crippen LogP contribution >= 0.6 is 23.4 Å². The summed E-state index contributed by atoms with van der Waals surface area (Å²) in [6.07, 6.45) is -0.0980. The van der Waals surface area contributed by atoms with Gasteiger partial charge < -0.3 is 26.8 Å². The van der Waals surface area contributed by atoms with Gasteiger partial charge in [-0.2, -0.15) is 0 Å². The number of ether oxygens (including phenoxy) is 1. The summed E-state index contributed by atoms with van der Waals surface area (Å²) in [6, 6.07) is -0.934. The quantitative estimate of drug-likeness (QED) is 0.252. The number of hydrogen-bond donors (Lipinski definition) is 4. The van der Waals surface area contributed by atoms with Crippen molar-refractivity contribution < 1.29 is 55.8 Å². The van der Waals surface area contributed by atoms with E-state index < -0.39 is 41.3 Å². The van der Waals surface area contributed by atoms with E-state index in [0.717, 1.165) is 25.8 Å². The first kappa shape index (κ1) is 26.9. The Bertz CT molecular complexity index is 511. The standard InChI is InChI=1S/C18H33ClN2O5S.Na.H/c1-5-6-10-7-11(21(3)8-10)17(25)20-12(9(2)19)16-14(23)13(22)15(24)18(26-16)27-4;;/h9-16,18,22-24H,5-8H2,1-4H3,(H,20,25);;/q;+1;-1/t9-,10+,11-,12+,13-,14+,15+,16+,18+;;/m0../s1. The zero-order valence-corrected chi connectivity index (χ0v) is 21.0. The maximum absolute atomic E-state index is 12.9. The third-order valence-corrected chi connectivity index (χ3v) is 6.76. The predicted octanol–water partition coefficient (Wildman–Crippen LogP) is -2.49. The minimum absolute atomic E-state index is 0. The molecule has 2 saturated heterocycles. The molecule has 0 spiro atoms. The number of halogens is 1. The van der Waals surface area contributed by atoms with Crippen LogP contribution in [0.1, 0.15) is 34.5 Å². The van der Waals surface area contributed by atoms with Crippen molar-refractivity contribution >= 4 is 29.3 Å². The van der Waals surface area contributed by atoms with E-state index in [9.17, 15) is 20.1 Å². The molecule has 0 aliphatic carbocycles. The van der Waals surface area contributed by atoms with Gasteiger partial charge in [-0.1, -0.05) is 13.3 Å². The van der Waals surface area contributed by atoms with E-state index in [1.165, 1.54) is 11.8 Å². The number of aliphatic hydroxyl groups is 3. The van der Waals surface area contributed by atoms with Gasteiger partial charge in [-0.05, 0) is 39.0 Å². The van der Waals surface area contributed by atoms with Crippen molar-refractivity contribution in [3.63, 3.8) is 0 Å². The average Bonchev–Trinajstić information content (AvgIpc) is 2.99. The summed E-state index contributed by atoms with van der Waals surface area (Å²) in [6.45, 7) is 4.74. The van der Waals surface area contributed by atoms with Crippen LogP contribution in [0.15, 0.2) is 0 Å². The molecule has 7 nitrogen and oxygen atoms in total. The van der Waals surface area contributed by atoms with Crippen LogP contribution in [0, 0.1) is 5.92 Å². The molecular weight excluding hydrogens is 415 g/mol. The number of amides is 1. The normalized spacial score (nSPS) is 38.5. The van der Waals surface area contributed by atoms with Gasteiger partial charge in [-0.25, -0.2) is 0 Å². The Balaban J connectivity index is 0.00000392. The maximum Gasteiger partial charge on any atom is 1.00 e. The summed E-state index contributed by atoms with van der Waals surface area (Å²) in [5, 5.41) is 33.0. The molecule has 2 rings (SSSR count). The Morgan fingerprint density at radius 2 is 2.00 bits per heavy atom. The number of hydrogen-bond acceptors (Lipinski definition) is 7. The summed E-state index contributed by atoms with van der Waals surface area (Å²) in [7, 11) is 1.94. The van der Waals surface area contributed by atoms with E-state index in [1.807, 2.05) is 11.9 Å². The van der Waals surface area contributed by atoms with Crippen molar-refractivity contribution in [2.45, 2.75) is 80.4 Å². The van der Waals surface area contributed by atoms with Gasteiger partial charge in [-0.15, -0.1) is 23.4 Å². The molecule has 0 aromatic heterocycles. The first-order chi connectivity index (χ1) is 12.7. The van der Waals surface area contributed by atoms with Gasteiger partial charge in [0, 0.05) is 6.54 Å². The number of aliphatic hydroxyl groups excluding tert-OH is 3. The minimum atomic E-state index is -1.36.